The highest BCUT2D eigenvalue weighted by Crippen LogP contribution is 2.26. The third-order valence-corrected chi connectivity index (χ3v) is 5.75. The Hall–Kier alpha value is -2.70. The van der Waals surface area contributed by atoms with Crippen molar-refractivity contribution in [1.29, 1.82) is 0 Å². The lowest BCUT2D eigenvalue weighted by atomic mass is 10.0. The van der Waals surface area contributed by atoms with Crippen LogP contribution in [-0.2, 0) is 4.74 Å². The van der Waals surface area contributed by atoms with Crippen LogP contribution in [0.15, 0.2) is 41.8 Å². The van der Waals surface area contributed by atoms with Gasteiger partial charge in [-0.25, -0.2) is 4.79 Å². The maximum atomic E-state index is 12.9. The Balaban J connectivity index is 1.81. The van der Waals surface area contributed by atoms with Gasteiger partial charge in [0.1, 0.15) is 0 Å². The molecule has 2 N–H and O–H groups in total. The number of rotatable bonds is 7. The quantitative estimate of drug-likeness (QED) is 0.460. The van der Waals surface area contributed by atoms with Gasteiger partial charge in [0.25, 0.3) is 0 Å². The van der Waals surface area contributed by atoms with Gasteiger partial charge in [0.15, 0.2) is 5.78 Å². The predicted molar refractivity (Wildman–Crippen MR) is 111 cm³/mol. The summed E-state index contributed by atoms with van der Waals surface area (Å²) in [5.74, 6) is -0.529. The first-order valence-electron chi connectivity index (χ1n) is 9.06. The number of hydrogen-bond acceptors (Lipinski definition) is 5. The van der Waals surface area contributed by atoms with Crippen molar-refractivity contribution < 1.29 is 14.3 Å². The van der Waals surface area contributed by atoms with Crippen molar-refractivity contribution in [3.8, 4) is 0 Å². The van der Waals surface area contributed by atoms with E-state index in [2.05, 4.69) is 47.6 Å². The van der Waals surface area contributed by atoms with E-state index in [0.717, 1.165) is 10.4 Å². The Morgan fingerprint density at radius 2 is 1.86 bits per heavy atom. The van der Waals surface area contributed by atoms with Crippen molar-refractivity contribution in [3.63, 3.8) is 0 Å². The molecule has 3 aromatic rings. The van der Waals surface area contributed by atoms with E-state index in [0.29, 0.717) is 22.5 Å². The Morgan fingerprint density at radius 1 is 1.14 bits per heavy atom. The number of ether oxygens (including phenoxy) is 1. The van der Waals surface area contributed by atoms with Gasteiger partial charge in [0.05, 0.1) is 31.0 Å². The van der Waals surface area contributed by atoms with Crippen molar-refractivity contribution >= 4 is 23.1 Å². The molecule has 0 aliphatic carbocycles. The van der Waals surface area contributed by atoms with E-state index in [1.807, 2.05) is 11.4 Å². The third kappa shape index (κ3) is 4.08. The molecule has 5 nitrogen and oxygen atoms in total. The number of benzene rings is 1. The first kappa shape index (κ1) is 20.0. The van der Waals surface area contributed by atoms with Gasteiger partial charge >= 0.3 is 5.97 Å². The Kier molecular flexibility index (Phi) is 6.11. The lowest BCUT2D eigenvalue weighted by Crippen LogP contribution is -2.28. The highest BCUT2D eigenvalue weighted by molar-refractivity contribution is 7.10. The number of esters is 1. The van der Waals surface area contributed by atoms with Crippen molar-refractivity contribution in [3.05, 3.63) is 80.3 Å². The van der Waals surface area contributed by atoms with Gasteiger partial charge in [-0.15, -0.1) is 11.3 Å². The molecule has 0 unspecified atom stereocenters. The second-order valence-corrected chi connectivity index (χ2v) is 7.76. The first-order valence-corrected chi connectivity index (χ1v) is 9.94. The summed E-state index contributed by atoms with van der Waals surface area (Å²) in [6, 6.07) is 12.3. The molecule has 0 aliphatic rings. The molecular formula is C22H24N2O3S. The maximum Gasteiger partial charge on any atom is 0.339 e. The minimum atomic E-state index is -0.436. The predicted octanol–water partition coefficient (Wildman–Crippen LogP) is 4.35. The molecule has 2 heterocycles. The molecule has 0 spiro atoms. The number of thiophene rings is 1. The van der Waals surface area contributed by atoms with Crippen LogP contribution < -0.4 is 5.32 Å². The number of nitrogens with one attached hydrogen (secondary N) is 2. The van der Waals surface area contributed by atoms with Crippen LogP contribution in [-0.4, -0.2) is 30.4 Å². The molecular weight excluding hydrogens is 372 g/mol. The van der Waals surface area contributed by atoms with Gasteiger partial charge < -0.3 is 9.72 Å². The van der Waals surface area contributed by atoms with Crippen LogP contribution in [0, 0.1) is 20.8 Å². The first-order chi connectivity index (χ1) is 13.4. The number of hydrogen-bond donors (Lipinski definition) is 2. The van der Waals surface area contributed by atoms with Gasteiger partial charge in [-0.1, -0.05) is 35.9 Å². The van der Waals surface area contributed by atoms with E-state index in [9.17, 15) is 9.59 Å². The number of methoxy groups -OCH3 is 1. The lowest BCUT2D eigenvalue weighted by Gasteiger charge is -2.18. The molecule has 0 saturated heterocycles. The summed E-state index contributed by atoms with van der Waals surface area (Å²) in [6.07, 6.45) is 0. The van der Waals surface area contributed by atoms with E-state index in [1.165, 1.54) is 12.7 Å². The smallest absolute Gasteiger partial charge is 0.339 e. The molecule has 0 fully saturated rings. The van der Waals surface area contributed by atoms with Crippen LogP contribution in [0.2, 0.25) is 0 Å². The third-order valence-electron chi connectivity index (χ3n) is 4.81. The fourth-order valence-corrected chi connectivity index (χ4v) is 4.14. The number of aromatic nitrogens is 1. The average molecular weight is 397 g/mol. The summed E-state index contributed by atoms with van der Waals surface area (Å²) >= 11 is 1.65. The second kappa shape index (κ2) is 8.54. The van der Waals surface area contributed by atoms with E-state index in [4.69, 9.17) is 4.74 Å². The van der Waals surface area contributed by atoms with Crippen LogP contribution in [0.4, 0.5) is 0 Å². The fourth-order valence-electron chi connectivity index (χ4n) is 3.32. The minimum Gasteiger partial charge on any atom is -0.465 e. The fraction of sp³-hybridized carbons (Fsp3) is 0.273. The summed E-state index contributed by atoms with van der Waals surface area (Å²) in [5.41, 5.74) is 4.44. The largest absolute Gasteiger partial charge is 0.465 e. The zero-order chi connectivity index (χ0) is 20.3. The molecule has 0 aliphatic heterocycles. The number of Topliss-reactive ketones (excluding diaryl/α,β-unsaturated/α-hetero) is 1. The Labute approximate surface area is 168 Å². The van der Waals surface area contributed by atoms with Gasteiger partial charge in [0.2, 0.25) is 0 Å². The number of H-pyrrole nitrogens is 1. The van der Waals surface area contributed by atoms with Crippen molar-refractivity contribution in [1.82, 2.24) is 10.3 Å². The van der Waals surface area contributed by atoms with Crippen LogP contribution in [0.1, 0.15) is 54.1 Å². The van der Waals surface area contributed by atoms with Crippen LogP contribution in [0.3, 0.4) is 0 Å². The standard InChI is InChI=1S/C22H24N2O3S/c1-13-7-9-16(10-8-13)21(18-6-5-11-28-18)23-12-17(25)20-14(2)19(15(3)24-20)22(26)27-4/h5-11,21,23-24H,12H2,1-4H3/t21-/m0/s1. The molecule has 0 radical (unpaired) electrons. The molecule has 146 valence electrons. The SMILES string of the molecule is COC(=O)c1c(C)[nH]c(C(=O)CN[C@@H](c2ccc(C)cc2)c2cccs2)c1C. The van der Waals surface area contributed by atoms with Crippen molar-refractivity contribution in [2.45, 2.75) is 26.8 Å². The molecule has 0 amide bonds. The highest BCUT2D eigenvalue weighted by atomic mass is 32.1. The average Bonchev–Trinajstić information content (AvgIpc) is 3.31. The summed E-state index contributed by atoms with van der Waals surface area (Å²) in [6.45, 7) is 5.73. The van der Waals surface area contributed by atoms with Crippen LogP contribution in [0.5, 0.6) is 0 Å². The van der Waals surface area contributed by atoms with Gasteiger partial charge in [-0.2, -0.15) is 0 Å². The number of carbonyl (C=O) groups is 2. The minimum absolute atomic E-state index is 0.0685. The number of ketones is 1. The summed E-state index contributed by atoms with van der Waals surface area (Å²) in [4.78, 5) is 29.0. The van der Waals surface area contributed by atoms with Crippen molar-refractivity contribution in [2.24, 2.45) is 0 Å². The normalized spacial score (nSPS) is 12.0. The topological polar surface area (TPSA) is 71.2 Å². The van der Waals surface area contributed by atoms with E-state index in [-0.39, 0.29) is 18.4 Å². The summed E-state index contributed by atoms with van der Waals surface area (Å²) in [7, 11) is 1.34. The number of carbonyl (C=O) groups excluding carboxylic acids is 2. The Morgan fingerprint density at radius 3 is 2.46 bits per heavy atom. The van der Waals surface area contributed by atoms with E-state index in [1.54, 1.807) is 25.2 Å². The molecule has 0 bridgehead atoms. The molecule has 3 rings (SSSR count). The maximum absolute atomic E-state index is 12.9. The number of aryl methyl sites for hydroxylation is 2. The van der Waals surface area contributed by atoms with Crippen molar-refractivity contribution in [2.75, 3.05) is 13.7 Å². The van der Waals surface area contributed by atoms with Gasteiger partial charge in [0, 0.05) is 10.6 Å². The van der Waals surface area contributed by atoms with E-state index >= 15 is 0 Å². The molecule has 28 heavy (non-hydrogen) atoms. The summed E-state index contributed by atoms with van der Waals surface area (Å²) in [5, 5.41) is 5.41. The Bertz CT molecular complexity index is 972. The number of aromatic amines is 1. The van der Waals surface area contributed by atoms with Gasteiger partial charge in [-0.05, 0) is 43.3 Å². The summed E-state index contributed by atoms with van der Waals surface area (Å²) < 4.78 is 4.82. The van der Waals surface area contributed by atoms with Crippen LogP contribution in [0.25, 0.3) is 0 Å². The zero-order valence-electron chi connectivity index (χ0n) is 16.5. The highest BCUT2D eigenvalue weighted by Gasteiger charge is 2.23. The molecule has 0 saturated carbocycles. The molecule has 6 heteroatoms. The van der Waals surface area contributed by atoms with E-state index < -0.39 is 5.97 Å². The van der Waals surface area contributed by atoms with Crippen LogP contribution >= 0.6 is 11.3 Å². The second-order valence-electron chi connectivity index (χ2n) is 6.78. The lowest BCUT2D eigenvalue weighted by molar-refractivity contribution is 0.0599. The molecule has 1 aromatic carbocycles. The zero-order valence-corrected chi connectivity index (χ0v) is 17.3. The molecule has 1 atom stereocenters. The molecule has 2 aromatic heterocycles. The monoisotopic (exact) mass is 396 g/mol. The van der Waals surface area contributed by atoms with Gasteiger partial charge in [-0.3, -0.25) is 10.1 Å².